The van der Waals surface area contributed by atoms with Crippen LogP contribution in [0.1, 0.15) is 108 Å². The molecule has 0 amide bonds. The molecule has 0 aliphatic heterocycles. The van der Waals surface area contributed by atoms with Gasteiger partial charge in [-0.3, -0.25) is 0 Å². The van der Waals surface area contributed by atoms with E-state index in [0.717, 1.165) is 19.5 Å². The van der Waals surface area contributed by atoms with Gasteiger partial charge in [-0.2, -0.15) is 0 Å². The van der Waals surface area contributed by atoms with Gasteiger partial charge in [-0.15, -0.1) is 24.5 Å². The zero-order valence-electron chi connectivity index (χ0n) is 21.0. The summed E-state index contributed by atoms with van der Waals surface area (Å²) in [5.41, 5.74) is 7.87. The Morgan fingerprint density at radius 1 is 0.594 bits per heavy atom. The zero-order chi connectivity index (χ0) is 24.3. The van der Waals surface area contributed by atoms with Crippen molar-refractivity contribution in [3.05, 3.63) is 69.3 Å². The molecule has 0 saturated carbocycles. The van der Waals surface area contributed by atoms with E-state index in [1.54, 1.807) is 0 Å². The van der Waals surface area contributed by atoms with Crippen molar-refractivity contribution in [2.24, 2.45) is 0 Å². The molecule has 0 fully saturated rings. The SMILES string of the molecule is CC(C)c1cccc(C(C)C)c1[N-]CCC[N-]c1c(C(C)C)cccc1C(C)C.[Cl][Zr+2][Cl]. The van der Waals surface area contributed by atoms with Crippen molar-refractivity contribution in [1.82, 2.24) is 0 Å². The molecule has 0 aliphatic rings. The minimum atomic E-state index is -0.826. The molecule has 2 aromatic rings. The fraction of sp³-hybridized carbons (Fsp3) is 0.556. The third-order valence-electron chi connectivity index (χ3n) is 5.54. The van der Waals surface area contributed by atoms with Crippen LogP contribution in [0.4, 0.5) is 11.4 Å². The Kier molecular flexibility index (Phi) is 14.2. The molecule has 0 bridgehead atoms. The molecule has 176 valence electrons. The molecule has 2 rings (SSSR count). The molecule has 0 heterocycles. The summed E-state index contributed by atoms with van der Waals surface area (Å²) in [6.45, 7) is 19.7. The van der Waals surface area contributed by atoms with Crippen molar-refractivity contribution in [1.29, 1.82) is 0 Å². The maximum atomic E-state index is 5.03. The summed E-state index contributed by atoms with van der Waals surface area (Å²) in [6, 6.07) is 13.3. The van der Waals surface area contributed by atoms with E-state index in [-0.39, 0.29) is 0 Å². The number of benzene rings is 2. The van der Waals surface area contributed by atoms with E-state index in [2.05, 4.69) is 91.8 Å². The van der Waals surface area contributed by atoms with Crippen LogP contribution in [-0.2, 0) is 20.8 Å². The third kappa shape index (κ3) is 9.04. The van der Waals surface area contributed by atoms with E-state index >= 15 is 0 Å². The molecule has 0 radical (unpaired) electrons. The molecule has 2 nitrogen and oxygen atoms in total. The fourth-order valence-corrected chi connectivity index (χ4v) is 3.84. The van der Waals surface area contributed by atoms with Crippen LogP contribution in [0.25, 0.3) is 10.6 Å². The number of nitrogens with zero attached hydrogens (tertiary/aromatic N) is 2. The van der Waals surface area contributed by atoms with Crippen LogP contribution >= 0.6 is 17.0 Å². The average molecular weight is 555 g/mol. The van der Waals surface area contributed by atoms with Crippen LogP contribution < -0.4 is 0 Å². The van der Waals surface area contributed by atoms with Gasteiger partial charge in [0.1, 0.15) is 0 Å². The van der Waals surface area contributed by atoms with E-state index in [1.165, 1.54) is 33.6 Å². The Morgan fingerprint density at radius 3 is 1.06 bits per heavy atom. The second-order valence-electron chi connectivity index (χ2n) is 9.38. The topological polar surface area (TPSA) is 28.2 Å². The van der Waals surface area contributed by atoms with Crippen molar-refractivity contribution in [3.8, 4) is 0 Å². The Morgan fingerprint density at radius 2 is 0.844 bits per heavy atom. The molecule has 0 unspecified atom stereocenters. The molecule has 32 heavy (non-hydrogen) atoms. The number of para-hydroxylation sites is 2. The van der Waals surface area contributed by atoms with Crippen LogP contribution in [0.15, 0.2) is 36.4 Å². The summed E-state index contributed by atoms with van der Waals surface area (Å²) in [6.07, 6.45) is 0.980. The number of rotatable bonds is 10. The molecule has 0 aliphatic carbocycles. The summed E-state index contributed by atoms with van der Waals surface area (Å²) in [7, 11) is 9.87. The van der Waals surface area contributed by atoms with Gasteiger partial charge in [0.25, 0.3) is 0 Å². The van der Waals surface area contributed by atoms with Gasteiger partial charge in [-0.05, 0) is 23.7 Å². The van der Waals surface area contributed by atoms with Crippen LogP contribution in [0.5, 0.6) is 0 Å². The number of hydrogen-bond acceptors (Lipinski definition) is 0. The van der Waals surface area contributed by atoms with E-state index in [1.807, 2.05) is 0 Å². The van der Waals surface area contributed by atoms with Crippen LogP contribution in [0.3, 0.4) is 0 Å². The zero-order valence-corrected chi connectivity index (χ0v) is 25.0. The summed E-state index contributed by atoms with van der Waals surface area (Å²) < 4.78 is 0. The van der Waals surface area contributed by atoms with Crippen LogP contribution in [0.2, 0.25) is 0 Å². The predicted octanol–water partition coefficient (Wildman–Crippen LogP) is 10.7. The summed E-state index contributed by atoms with van der Waals surface area (Å²) in [5.74, 6) is 1.96. The second kappa shape index (κ2) is 15.4. The summed E-state index contributed by atoms with van der Waals surface area (Å²) in [5, 5.41) is 10.1. The number of hydrogen-bond donors (Lipinski definition) is 0. The Labute approximate surface area is 215 Å². The van der Waals surface area contributed by atoms with Gasteiger partial charge in [-0.25, -0.2) is 0 Å². The number of halogens is 2. The van der Waals surface area contributed by atoms with Crippen molar-refractivity contribution < 1.29 is 20.8 Å². The summed E-state index contributed by atoms with van der Waals surface area (Å²) >= 11 is -0.826. The van der Waals surface area contributed by atoms with Gasteiger partial charge in [0.05, 0.1) is 0 Å². The Balaban J connectivity index is 0.00000161. The van der Waals surface area contributed by atoms with E-state index in [9.17, 15) is 0 Å². The predicted molar refractivity (Wildman–Crippen MR) is 141 cm³/mol. The third-order valence-corrected chi connectivity index (χ3v) is 5.54. The first-order valence-corrected chi connectivity index (χ1v) is 18.0. The van der Waals surface area contributed by atoms with Gasteiger partial charge in [0, 0.05) is 0 Å². The van der Waals surface area contributed by atoms with Crippen molar-refractivity contribution in [2.45, 2.75) is 85.5 Å². The normalized spacial score (nSPS) is 10.9. The minimum absolute atomic E-state index is 0.489. The Hall–Kier alpha value is -0.497. The fourth-order valence-electron chi connectivity index (χ4n) is 3.84. The molecule has 2 aromatic carbocycles. The first-order chi connectivity index (χ1) is 15.1. The molecular formula is C27H40Cl2N2Zr. The van der Waals surface area contributed by atoms with E-state index < -0.39 is 20.8 Å². The van der Waals surface area contributed by atoms with Crippen molar-refractivity contribution >= 4 is 28.4 Å². The molecule has 0 saturated heterocycles. The van der Waals surface area contributed by atoms with Crippen LogP contribution in [-0.4, -0.2) is 13.1 Å². The molecule has 0 aromatic heterocycles. The molecule has 0 atom stereocenters. The molecule has 0 spiro atoms. The van der Waals surface area contributed by atoms with Gasteiger partial charge in [0.15, 0.2) is 0 Å². The van der Waals surface area contributed by atoms with Gasteiger partial charge in [-0.1, -0.05) is 120 Å². The van der Waals surface area contributed by atoms with Gasteiger partial charge >= 0.3 is 37.9 Å². The van der Waals surface area contributed by atoms with Crippen molar-refractivity contribution in [2.75, 3.05) is 13.1 Å². The Bertz CT molecular complexity index is 686. The van der Waals surface area contributed by atoms with Crippen molar-refractivity contribution in [3.63, 3.8) is 0 Å². The standard InChI is InChI=1S/C27H40N2.2ClH.Zr/c1-18(2)22-12-9-13-23(19(3)4)26(22)28-16-11-17-29-27-24(20(5)6)14-10-15-25(27)21(7)8;;;/h9-10,12-15,18-21H,11,16-17H2,1-8H3;2*1H;/q-2;;;+4/p-2. The average Bonchev–Trinajstić information content (AvgIpc) is 2.73. The van der Waals surface area contributed by atoms with E-state index in [4.69, 9.17) is 27.7 Å². The molecule has 5 heteroatoms. The van der Waals surface area contributed by atoms with Gasteiger partial charge < -0.3 is 10.6 Å². The van der Waals surface area contributed by atoms with Crippen LogP contribution in [0, 0.1) is 0 Å². The van der Waals surface area contributed by atoms with Gasteiger partial charge in [0.2, 0.25) is 0 Å². The monoisotopic (exact) mass is 552 g/mol. The first kappa shape index (κ1) is 29.5. The second-order valence-corrected chi connectivity index (χ2v) is 13.1. The van der Waals surface area contributed by atoms with E-state index in [0.29, 0.717) is 23.7 Å². The summed E-state index contributed by atoms with van der Waals surface area (Å²) in [4.78, 5) is 0. The molecular weight excluding hydrogens is 514 g/mol. The molecule has 0 N–H and O–H groups in total. The first-order valence-electron chi connectivity index (χ1n) is 11.7. The quantitative estimate of drug-likeness (QED) is 0.261. The maximum absolute atomic E-state index is 5.03.